The Balaban J connectivity index is 1.43. The van der Waals surface area contributed by atoms with E-state index in [1.165, 1.54) is 24.3 Å². The molecular weight excluding hydrogens is 492 g/mol. The number of nitrogens with zero attached hydrogens (tertiary/aromatic N) is 1. The zero-order valence-electron chi connectivity index (χ0n) is 20.5. The molecule has 0 saturated carbocycles. The molecule has 2 heterocycles. The number of amides is 4. The van der Waals surface area contributed by atoms with E-state index in [4.69, 9.17) is 18.9 Å². The van der Waals surface area contributed by atoms with E-state index in [-0.39, 0.29) is 36.0 Å². The molecule has 5 rings (SSSR count). The van der Waals surface area contributed by atoms with Crippen LogP contribution in [0.2, 0.25) is 0 Å². The highest BCUT2D eigenvalue weighted by atomic mass is 16.7. The number of benzene rings is 3. The number of carbonyl (C=O) groups excluding carboxylic acids is 4. The molecule has 3 aromatic rings. The number of urea groups is 1. The Kier molecular flexibility index (Phi) is 6.53. The third-order valence-corrected chi connectivity index (χ3v) is 5.85. The number of imide groups is 2. The third-order valence-electron chi connectivity index (χ3n) is 5.85. The monoisotopic (exact) mass is 514 g/mol. The molecule has 1 N–H and O–H groups in total. The average Bonchev–Trinajstić information content (AvgIpc) is 3.37. The Bertz CT molecular complexity index is 1510. The van der Waals surface area contributed by atoms with Crippen LogP contribution in [0, 0.1) is 6.92 Å². The predicted molar refractivity (Wildman–Crippen MR) is 135 cm³/mol. The number of nitrogens with one attached hydrogen (secondary N) is 1. The molecule has 0 aromatic heterocycles. The average molecular weight is 514 g/mol. The van der Waals surface area contributed by atoms with Gasteiger partial charge in [0.15, 0.2) is 23.0 Å². The number of rotatable bonds is 6. The van der Waals surface area contributed by atoms with E-state index < -0.39 is 23.8 Å². The summed E-state index contributed by atoms with van der Waals surface area (Å²) in [5, 5.41) is 2.21. The van der Waals surface area contributed by atoms with Crippen LogP contribution in [0.1, 0.15) is 28.4 Å². The lowest BCUT2D eigenvalue weighted by Crippen LogP contribution is -2.54. The highest BCUT2D eigenvalue weighted by Gasteiger charge is 2.37. The molecule has 2 aliphatic rings. The second kappa shape index (κ2) is 10.1. The fourth-order valence-electron chi connectivity index (χ4n) is 4.01. The molecule has 2 aliphatic heterocycles. The summed E-state index contributed by atoms with van der Waals surface area (Å²) in [7, 11) is 0. The van der Waals surface area contributed by atoms with Crippen LogP contribution in [0.4, 0.5) is 10.5 Å². The number of para-hydroxylation sites is 1. The van der Waals surface area contributed by atoms with Crippen molar-refractivity contribution in [2.45, 2.75) is 13.8 Å². The molecule has 3 aromatic carbocycles. The Morgan fingerprint density at radius 3 is 2.58 bits per heavy atom. The lowest BCUT2D eigenvalue weighted by atomic mass is 10.1. The zero-order valence-corrected chi connectivity index (χ0v) is 20.5. The number of fused-ring (bicyclic) bond motifs is 1. The van der Waals surface area contributed by atoms with Crippen molar-refractivity contribution in [3.63, 3.8) is 0 Å². The molecule has 0 unspecified atom stereocenters. The van der Waals surface area contributed by atoms with E-state index in [0.717, 1.165) is 4.90 Å². The van der Waals surface area contributed by atoms with Crippen LogP contribution >= 0.6 is 0 Å². The van der Waals surface area contributed by atoms with Crippen molar-refractivity contribution in [1.82, 2.24) is 5.32 Å². The number of ether oxygens (including phenoxy) is 4. The summed E-state index contributed by atoms with van der Waals surface area (Å²) in [5.41, 5.74) is 1.51. The van der Waals surface area contributed by atoms with Crippen LogP contribution in [0.25, 0.3) is 6.08 Å². The van der Waals surface area contributed by atoms with E-state index in [0.29, 0.717) is 28.3 Å². The fraction of sp³-hybridized carbons (Fsp3) is 0.143. The molecule has 0 bridgehead atoms. The van der Waals surface area contributed by atoms with Gasteiger partial charge in [-0.1, -0.05) is 24.3 Å². The van der Waals surface area contributed by atoms with Crippen molar-refractivity contribution in [1.29, 1.82) is 0 Å². The van der Waals surface area contributed by atoms with Crippen LogP contribution in [-0.2, 0) is 9.59 Å². The first-order valence-corrected chi connectivity index (χ1v) is 11.7. The van der Waals surface area contributed by atoms with Gasteiger partial charge in [0.25, 0.3) is 11.8 Å². The molecule has 0 aliphatic carbocycles. The SMILES string of the molecule is CCOc1cc(/C=C2\C(=O)NC(=O)N(c3ccccc3C)C2=O)ccc1OC(=O)c1ccc2c(c1)OCO2. The lowest BCUT2D eigenvalue weighted by Gasteiger charge is -2.27. The maximum Gasteiger partial charge on any atom is 0.343 e. The molecular formula is C28H22N2O8. The van der Waals surface area contributed by atoms with Gasteiger partial charge >= 0.3 is 12.0 Å². The van der Waals surface area contributed by atoms with Crippen LogP contribution in [0.15, 0.2) is 66.2 Å². The van der Waals surface area contributed by atoms with E-state index in [9.17, 15) is 19.2 Å². The zero-order chi connectivity index (χ0) is 26.8. The van der Waals surface area contributed by atoms with Gasteiger partial charge in [-0.15, -0.1) is 0 Å². The van der Waals surface area contributed by atoms with E-state index in [1.54, 1.807) is 56.3 Å². The van der Waals surface area contributed by atoms with E-state index in [2.05, 4.69) is 5.32 Å². The van der Waals surface area contributed by atoms with Gasteiger partial charge in [-0.25, -0.2) is 14.5 Å². The Morgan fingerprint density at radius 1 is 1.00 bits per heavy atom. The summed E-state index contributed by atoms with van der Waals surface area (Å²) < 4.78 is 21.8. The minimum Gasteiger partial charge on any atom is -0.490 e. The van der Waals surface area contributed by atoms with Crippen molar-refractivity contribution >= 4 is 35.6 Å². The topological polar surface area (TPSA) is 120 Å². The van der Waals surface area contributed by atoms with Gasteiger partial charge in [0.1, 0.15) is 5.57 Å². The van der Waals surface area contributed by atoms with Crippen LogP contribution < -0.4 is 29.2 Å². The van der Waals surface area contributed by atoms with Gasteiger partial charge in [0, 0.05) is 0 Å². The molecule has 10 heteroatoms. The van der Waals surface area contributed by atoms with Crippen LogP contribution in [-0.4, -0.2) is 37.2 Å². The summed E-state index contributed by atoms with van der Waals surface area (Å²) in [4.78, 5) is 52.0. The fourth-order valence-corrected chi connectivity index (χ4v) is 4.01. The van der Waals surface area contributed by atoms with E-state index in [1.807, 2.05) is 0 Å². The Morgan fingerprint density at radius 2 is 1.79 bits per heavy atom. The summed E-state index contributed by atoms with van der Waals surface area (Å²) in [6, 6.07) is 15.3. The molecule has 38 heavy (non-hydrogen) atoms. The van der Waals surface area contributed by atoms with Crippen molar-refractivity contribution in [2.75, 3.05) is 18.3 Å². The smallest absolute Gasteiger partial charge is 0.343 e. The summed E-state index contributed by atoms with van der Waals surface area (Å²) >= 11 is 0. The molecule has 10 nitrogen and oxygen atoms in total. The van der Waals surface area contributed by atoms with Crippen molar-refractivity contribution in [3.8, 4) is 23.0 Å². The summed E-state index contributed by atoms with van der Waals surface area (Å²) in [5.74, 6) is -0.854. The van der Waals surface area contributed by atoms with Gasteiger partial charge in [-0.3, -0.25) is 14.9 Å². The second-order valence-electron chi connectivity index (χ2n) is 8.34. The largest absolute Gasteiger partial charge is 0.490 e. The first-order chi connectivity index (χ1) is 18.4. The first kappa shape index (κ1) is 24.6. The number of hydrogen-bond acceptors (Lipinski definition) is 8. The second-order valence-corrected chi connectivity index (χ2v) is 8.34. The number of barbiturate groups is 1. The van der Waals surface area contributed by atoms with Gasteiger partial charge in [0.2, 0.25) is 6.79 Å². The number of hydrogen-bond donors (Lipinski definition) is 1. The Hall–Kier alpha value is -5.12. The van der Waals surface area contributed by atoms with Crippen molar-refractivity contribution in [2.24, 2.45) is 0 Å². The van der Waals surface area contributed by atoms with Crippen molar-refractivity contribution < 1.29 is 38.1 Å². The number of carbonyl (C=O) groups is 4. The highest BCUT2D eigenvalue weighted by Crippen LogP contribution is 2.34. The third kappa shape index (κ3) is 4.66. The van der Waals surface area contributed by atoms with Gasteiger partial charge in [-0.2, -0.15) is 0 Å². The maximum atomic E-state index is 13.2. The number of esters is 1. The van der Waals surface area contributed by atoms with Crippen LogP contribution in [0.3, 0.4) is 0 Å². The molecule has 192 valence electrons. The first-order valence-electron chi connectivity index (χ1n) is 11.7. The number of anilines is 1. The highest BCUT2D eigenvalue weighted by molar-refractivity contribution is 6.39. The quantitative estimate of drug-likeness (QED) is 0.227. The van der Waals surface area contributed by atoms with Gasteiger partial charge < -0.3 is 18.9 Å². The summed E-state index contributed by atoms with van der Waals surface area (Å²) in [6.45, 7) is 3.87. The minimum atomic E-state index is -0.827. The summed E-state index contributed by atoms with van der Waals surface area (Å²) in [6.07, 6.45) is 1.35. The standard InChI is InChI=1S/C28H22N2O8/c1-3-35-23-13-17(8-10-22(23)38-27(33)18-9-11-21-24(14-18)37-15-36-21)12-19-25(31)29-28(34)30(26(19)32)20-7-5-4-6-16(20)2/h4-14H,3,15H2,1-2H3,(H,29,31,34)/b19-12+. The molecule has 4 amide bonds. The van der Waals surface area contributed by atoms with Crippen molar-refractivity contribution in [3.05, 3.63) is 82.9 Å². The van der Waals surface area contributed by atoms with Crippen LogP contribution in [0.5, 0.6) is 23.0 Å². The normalized spacial score (nSPS) is 15.5. The lowest BCUT2D eigenvalue weighted by molar-refractivity contribution is -0.122. The maximum absolute atomic E-state index is 13.2. The number of aryl methyl sites for hydroxylation is 1. The molecule has 1 saturated heterocycles. The van der Waals surface area contributed by atoms with E-state index >= 15 is 0 Å². The molecule has 0 atom stereocenters. The minimum absolute atomic E-state index is 0.0801. The predicted octanol–water partition coefficient (Wildman–Crippen LogP) is 4.01. The Labute approximate surface area is 217 Å². The molecule has 0 radical (unpaired) electrons. The van der Waals surface area contributed by atoms with Gasteiger partial charge in [-0.05, 0) is 67.4 Å². The molecule has 0 spiro atoms. The molecule has 1 fully saturated rings. The van der Waals surface area contributed by atoms with Gasteiger partial charge in [0.05, 0.1) is 17.9 Å².